The molecule has 1 heterocycles. The van der Waals surface area contributed by atoms with Crippen molar-refractivity contribution in [1.29, 1.82) is 0 Å². The van der Waals surface area contributed by atoms with Crippen LogP contribution in [0.15, 0.2) is 47.4 Å². The number of carbonyl (C=O) groups excluding carboxylic acids is 3. The maximum atomic E-state index is 13.0. The van der Waals surface area contributed by atoms with E-state index < -0.39 is 59.2 Å². The van der Waals surface area contributed by atoms with Gasteiger partial charge in [0.2, 0.25) is 23.5 Å². The number of carboxylic acids is 1. The highest BCUT2D eigenvalue weighted by atomic mass is 35.5. The molecule has 3 rings (SSSR count). The second-order valence-corrected chi connectivity index (χ2v) is 16.1. The number of carbonyl (C=O) groups is 4. The van der Waals surface area contributed by atoms with Gasteiger partial charge in [0, 0.05) is 30.5 Å². The van der Waals surface area contributed by atoms with E-state index in [1.54, 1.807) is 19.1 Å². The van der Waals surface area contributed by atoms with Crippen molar-refractivity contribution in [2.75, 3.05) is 12.8 Å². The third-order valence-electron chi connectivity index (χ3n) is 6.74. The van der Waals surface area contributed by atoms with Gasteiger partial charge < -0.3 is 30.6 Å². The summed E-state index contributed by atoms with van der Waals surface area (Å²) in [6.07, 6.45) is -0.0891. The summed E-state index contributed by atoms with van der Waals surface area (Å²) in [6, 6.07) is 7.56. The van der Waals surface area contributed by atoms with Crippen molar-refractivity contribution >= 4 is 64.3 Å². The number of amides is 2. The molecule has 0 spiro atoms. The van der Waals surface area contributed by atoms with Crippen LogP contribution in [-0.2, 0) is 36.1 Å². The van der Waals surface area contributed by atoms with Crippen molar-refractivity contribution in [2.45, 2.75) is 57.1 Å². The molecule has 0 aliphatic carbocycles. The number of hydrogen-bond acceptors (Lipinski definition) is 10. The normalized spacial score (nSPS) is 14.2. The second kappa shape index (κ2) is 17.2. The van der Waals surface area contributed by atoms with Gasteiger partial charge in [-0.05, 0) is 64.4 Å². The Morgan fingerprint density at radius 1 is 1.02 bits per heavy atom. The van der Waals surface area contributed by atoms with E-state index in [1.165, 1.54) is 62.6 Å². The van der Waals surface area contributed by atoms with Crippen LogP contribution in [0.1, 0.15) is 47.4 Å². The number of nitrogens with zero attached hydrogens (tertiary/aromatic N) is 2. The van der Waals surface area contributed by atoms with Crippen molar-refractivity contribution in [3.63, 3.8) is 0 Å². The van der Waals surface area contributed by atoms with E-state index in [0.29, 0.717) is 10.7 Å². The Balaban J connectivity index is 0.000000357. The molecule has 49 heavy (non-hydrogen) atoms. The van der Waals surface area contributed by atoms with Gasteiger partial charge in [-0.3, -0.25) is 23.7 Å². The molecular formula is C30H38Cl2N5O10PS. The molecule has 6 N–H and O–H groups in total. The predicted molar refractivity (Wildman–Crippen MR) is 183 cm³/mol. The van der Waals surface area contributed by atoms with Gasteiger partial charge in [-0.15, -0.1) is 0 Å². The van der Waals surface area contributed by atoms with Crippen molar-refractivity contribution in [3.8, 4) is 5.88 Å². The van der Waals surface area contributed by atoms with Crippen LogP contribution < -0.4 is 20.6 Å². The third-order valence-corrected chi connectivity index (χ3v) is 9.61. The lowest BCUT2D eigenvalue weighted by atomic mass is 10.0. The number of carboxylic acid groups (broad SMARTS) is 1. The molecule has 15 nitrogen and oxygen atoms in total. The van der Waals surface area contributed by atoms with E-state index in [9.17, 15) is 32.2 Å². The van der Waals surface area contributed by atoms with Gasteiger partial charge in [0.05, 0.1) is 16.8 Å². The van der Waals surface area contributed by atoms with Crippen molar-refractivity contribution in [1.82, 2.24) is 20.4 Å². The number of nitrogens with two attached hydrogens (primary N) is 1. The Bertz CT molecular complexity index is 1860. The number of hydrogen-bond donors (Lipinski definition) is 5. The van der Waals surface area contributed by atoms with Crippen LogP contribution in [-0.4, -0.2) is 82.7 Å². The molecule has 0 bridgehead atoms. The van der Waals surface area contributed by atoms with Crippen molar-refractivity contribution in [3.05, 3.63) is 74.9 Å². The SMILES string of the molecule is C[C@H](NC(=O)[C@H](C)NC(=O)[C@@H](N)CCP(C)(=O)O)C(=O)O.Cc1ccc(S(=O)(=O)Oc2c(C(=O)c3ccc(Cl)cc3Cl)c(C)nn2C)cc1. The van der Waals surface area contributed by atoms with Crippen LogP contribution in [0, 0.1) is 13.8 Å². The number of aromatic nitrogens is 2. The fourth-order valence-corrected chi connectivity index (χ4v) is 6.17. The monoisotopic (exact) mass is 761 g/mol. The van der Waals surface area contributed by atoms with Gasteiger partial charge in [0.15, 0.2) is 7.37 Å². The molecule has 0 fully saturated rings. The van der Waals surface area contributed by atoms with Crippen LogP contribution in [0.4, 0.5) is 0 Å². The number of rotatable bonds is 13. The highest BCUT2D eigenvalue weighted by molar-refractivity contribution is 7.87. The maximum Gasteiger partial charge on any atom is 0.340 e. The molecule has 0 saturated carbocycles. The molecule has 2 aromatic carbocycles. The summed E-state index contributed by atoms with van der Waals surface area (Å²) in [4.78, 5) is 56.0. The summed E-state index contributed by atoms with van der Waals surface area (Å²) in [5.41, 5.74) is 6.95. The van der Waals surface area contributed by atoms with Crippen LogP contribution in [0.3, 0.4) is 0 Å². The minimum Gasteiger partial charge on any atom is -0.480 e. The van der Waals surface area contributed by atoms with Gasteiger partial charge in [0.25, 0.3) is 0 Å². The van der Waals surface area contributed by atoms with E-state index in [4.69, 9.17) is 43.1 Å². The second-order valence-electron chi connectivity index (χ2n) is 11.2. The first-order chi connectivity index (χ1) is 22.5. The molecule has 19 heteroatoms. The van der Waals surface area contributed by atoms with E-state index in [2.05, 4.69) is 15.7 Å². The first-order valence-electron chi connectivity index (χ1n) is 14.5. The molecule has 2 amide bonds. The lowest BCUT2D eigenvalue weighted by molar-refractivity contribution is -0.141. The summed E-state index contributed by atoms with van der Waals surface area (Å²) < 4.78 is 43.0. The summed E-state index contributed by atoms with van der Waals surface area (Å²) in [7, 11) is -5.92. The van der Waals surface area contributed by atoms with E-state index >= 15 is 0 Å². The van der Waals surface area contributed by atoms with Gasteiger partial charge in [-0.1, -0.05) is 40.9 Å². The zero-order chi connectivity index (χ0) is 37.4. The molecule has 0 saturated heterocycles. The Morgan fingerprint density at radius 3 is 2.12 bits per heavy atom. The van der Waals surface area contributed by atoms with Crippen LogP contribution in [0.25, 0.3) is 0 Å². The molecule has 0 radical (unpaired) electrons. The lowest BCUT2D eigenvalue weighted by Gasteiger charge is -2.19. The van der Waals surface area contributed by atoms with Crippen LogP contribution >= 0.6 is 30.6 Å². The summed E-state index contributed by atoms with van der Waals surface area (Å²) >= 11 is 12.0. The molecule has 1 aromatic heterocycles. The van der Waals surface area contributed by atoms with E-state index in [-0.39, 0.29) is 39.5 Å². The molecule has 3 aromatic rings. The number of aliphatic carboxylic acids is 1. The molecule has 4 atom stereocenters. The average molecular weight is 763 g/mol. The summed E-state index contributed by atoms with van der Waals surface area (Å²) in [5, 5.41) is 17.8. The Labute approximate surface area is 293 Å². The zero-order valence-electron chi connectivity index (χ0n) is 27.4. The van der Waals surface area contributed by atoms with Crippen molar-refractivity contribution < 1.29 is 46.3 Å². The molecule has 268 valence electrons. The smallest absolute Gasteiger partial charge is 0.340 e. The highest BCUT2D eigenvalue weighted by Crippen LogP contribution is 2.36. The van der Waals surface area contributed by atoms with E-state index in [0.717, 1.165) is 5.56 Å². The van der Waals surface area contributed by atoms with Crippen molar-refractivity contribution in [2.24, 2.45) is 12.8 Å². The first kappa shape index (κ1) is 41.4. The van der Waals surface area contributed by atoms with Gasteiger partial charge in [-0.2, -0.15) is 13.5 Å². The molecule has 0 aliphatic rings. The lowest BCUT2D eigenvalue weighted by Crippen LogP contribution is -2.52. The number of nitrogens with one attached hydrogen (secondary N) is 2. The Kier molecular flexibility index (Phi) is 14.6. The van der Waals surface area contributed by atoms with Crippen LogP contribution in [0.5, 0.6) is 5.88 Å². The fraction of sp³-hybridized carbons (Fsp3) is 0.367. The Morgan fingerprint density at radius 2 is 1.59 bits per heavy atom. The third kappa shape index (κ3) is 12.2. The highest BCUT2D eigenvalue weighted by Gasteiger charge is 2.29. The largest absolute Gasteiger partial charge is 0.480 e. The first-order valence-corrected chi connectivity index (χ1v) is 18.9. The standard InChI is InChI=1S/C19H16Cl2N2O4S.C11H22N3O6P/c1-11-4-7-14(8-5-11)28(25,26)27-19-17(12(2)22-23(19)3)18(24)15-9-6-13(20)10-16(15)21;1-6(9(15)14-7(2)11(17)18)13-10(16)8(12)4-5-21(3,19)20/h4-10H,1-3H3;6-8H,4-5,12H2,1-3H3,(H,13,16)(H,14,15)(H,17,18)(H,19,20)/t;6-,7-,8-/m.0/s1. The molecular weight excluding hydrogens is 724 g/mol. The van der Waals surface area contributed by atoms with E-state index in [1.807, 2.05) is 6.92 Å². The van der Waals surface area contributed by atoms with Crippen LogP contribution in [0.2, 0.25) is 10.0 Å². The molecule has 0 aliphatic heterocycles. The topological polar surface area (TPSA) is 237 Å². The minimum absolute atomic E-state index is 0.00990. The summed E-state index contributed by atoms with van der Waals surface area (Å²) in [5.74, 6) is -3.20. The fourth-order valence-electron chi connectivity index (χ4n) is 3.96. The number of benzene rings is 2. The Hall–Kier alpha value is -3.79. The quantitative estimate of drug-likeness (QED) is 0.0960. The van der Waals surface area contributed by atoms with Gasteiger partial charge in [-0.25, -0.2) is 4.68 Å². The van der Waals surface area contributed by atoms with Gasteiger partial charge in [0.1, 0.15) is 22.5 Å². The molecule has 1 unspecified atom stereocenters. The zero-order valence-corrected chi connectivity index (χ0v) is 30.7. The minimum atomic E-state index is -4.16. The van der Waals surface area contributed by atoms with Gasteiger partial charge >= 0.3 is 16.1 Å². The summed E-state index contributed by atoms with van der Waals surface area (Å²) in [6.45, 7) is 7.27. The predicted octanol–water partition coefficient (Wildman–Crippen LogP) is 3.04. The average Bonchev–Trinajstić information content (AvgIpc) is 3.26. The number of halogens is 2. The number of ketones is 1. The number of aryl methyl sites for hydroxylation is 3. The maximum absolute atomic E-state index is 13.0.